The third-order valence-corrected chi connectivity index (χ3v) is 3.43. The van der Waals surface area contributed by atoms with Crippen LogP contribution in [0.1, 0.15) is 19.8 Å². The molecule has 1 saturated heterocycles. The molecule has 1 aliphatic heterocycles. The summed E-state index contributed by atoms with van der Waals surface area (Å²) in [5, 5.41) is 10.5. The lowest BCUT2D eigenvalue weighted by Gasteiger charge is -2.32. The van der Waals surface area contributed by atoms with Crippen molar-refractivity contribution in [1.29, 1.82) is 0 Å². The molecule has 6 heteroatoms. The number of hydrogen-bond acceptors (Lipinski definition) is 5. The minimum atomic E-state index is -0.255. The molecule has 0 unspecified atom stereocenters. The summed E-state index contributed by atoms with van der Waals surface area (Å²) in [6.45, 7) is 3.83. The van der Waals surface area contributed by atoms with E-state index in [1.165, 1.54) is 11.5 Å². The van der Waals surface area contributed by atoms with Gasteiger partial charge in [-0.15, -0.1) is 5.10 Å². The molecular weight excluding hydrogens is 212 g/mol. The molecule has 0 saturated carbocycles. The van der Waals surface area contributed by atoms with Gasteiger partial charge in [0.25, 0.3) is 0 Å². The number of anilines is 1. The highest BCUT2D eigenvalue weighted by atomic mass is 32.1. The van der Waals surface area contributed by atoms with Gasteiger partial charge in [-0.1, -0.05) is 11.4 Å². The van der Waals surface area contributed by atoms with Crippen LogP contribution in [0.2, 0.25) is 0 Å². The van der Waals surface area contributed by atoms with Crippen molar-refractivity contribution in [2.75, 3.05) is 18.4 Å². The van der Waals surface area contributed by atoms with Crippen molar-refractivity contribution in [3.8, 4) is 0 Å². The molecular formula is C9H14N4OS. The quantitative estimate of drug-likeness (QED) is 0.785. The van der Waals surface area contributed by atoms with Crippen LogP contribution in [0, 0.1) is 5.41 Å². The monoisotopic (exact) mass is 226 g/mol. The van der Waals surface area contributed by atoms with Gasteiger partial charge < -0.3 is 10.6 Å². The van der Waals surface area contributed by atoms with E-state index in [1.807, 2.05) is 6.92 Å². The van der Waals surface area contributed by atoms with Crippen LogP contribution < -0.4 is 10.6 Å². The summed E-state index contributed by atoms with van der Waals surface area (Å²) in [6, 6.07) is 0. The zero-order valence-electron chi connectivity index (χ0n) is 8.62. The fraction of sp³-hybridized carbons (Fsp3) is 0.667. The molecule has 2 N–H and O–H groups in total. The van der Waals surface area contributed by atoms with Gasteiger partial charge in [0.1, 0.15) is 5.00 Å². The Bertz CT molecular complexity index is 332. The summed E-state index contributed by atoms with van der Waals surface area (Å²) in [5.74, 6) is 0.0788. The average Bonchev–Trinajstić information content (AvgIpc) is 2.71. The van der Waals surface area contributed by atoms with Crippen molar-refractivity contribution in [3.05, 3.63) is 6.20 Å². The van der Waals surface area contributed by atoms with Gasteiger partial charge in [-0.25, -0.2) is 0 Å². The van der Waals surface area contributed by atoms with E-state index in [0.29, 0.717) is 0 Å². The molecule has 1 fully saturated rings. The summed E-state index contributed by atoms with van der Waals surface area (Å²) in [4.78, 5) is 12.0. The van der Waals surface area contributed by atoms with Crippen LogP contribution in [0.4, 0.5) is 5.00 Å². The minimum absolute atomic E-state index is 0.0788. The number of aromatic nitrogens is 2. The van der Waals surface area contributed by atoms with Crippen LogP contribution in [0.15, 0.2) is 6.20 Å². The van der Waals surface area contributed by atoms with Gasteiger partial charge >= 0.3 is 0 Å². The maximum Gasteiger partial charge on any atom is 0.231 e. The van der Waals surface area contributed by atoms with E-state index in [4.69, 9.17) is 0 Å². The topological polar surface area (TPSA) is 66.9 Å². The van der Waals surface area contributed by atoms with Crippen molar-refractivity contribution in [1.82, 2.24) is 14.9 Å². The normalized spacial score (nSPS) is 19.8. The zero-order chi connectivity index (χ0) is 10.7. The molecule has 1 aromatic heterocycles. The molecule has 0 radical (unpaired) electrons. The zero-order valence-corrected chi connectivity index (χ0v) is 9.43. The van der Waals surface area contributed by atoms with Crippen LogP contribution in [-0.4, -0.2) is 28.6 Å². The Morgan fingerprint density at radius 2 is 2.33 bits per heavy atom. The van der Waals surface area contributed by atoms with Gasteiger partial charge in [0.2, 0.25) is 5.91 Å². The highest BCUT2D eigenvalue weighted by Gasteiger charge is 2.34. The van der Waals surface area contributed by atoms with Gasteiger partial charge in [0, 0.05) is 16.9 Å². The summed E-state index contributed by atoms with van der Waals surface area (Å²) >= 11 is 1.21. The number of nitrogens with zero attached hydrogens (tertiary/aromatic N) is 2. The first kappa shape index (κ1) is 10.5. The van der Waals surface area contributed by atoms with E-state index in [9.17, 15) is 4.79 Å². The number of rotatable bonds is 2. The van der Waals surface area contributed by atoms with Crippen molar-refractivity contribution in [2.24, 2.45) is 5.41 Å². The maximum atomic E-state index is 12.0. The third kappa shape index (κ3) is 2.32. The molecule has 1 aliphatic rings. The van der Waals surface area contributed by atoms with Crippen LogP contribution in [0.3, 0.4) is 0 Å². The van der Waals surface area contributed by atoms with Crippen molar-refractivity contribution in [3.63, 3.8) is 0 Å². The number of piperidine rings is 1. The SMILES string of the molecule is CC1(C(=O)Nc2cnns2)CCNCC1. The molecule has 5 nitrogen and oxygen atoms in total. The first-order chi connectivity index (χ1) is 7.21. The Balaban J connectivity index is 2.00. The largest absolute Gasteiger partial charge is 0.317 e. The second kappa shape index (κ2) is 4.24. The van der Waals surface area contributed by atoms with Gasteiger partial charge in [-0.2, -0.15) is 0 Å². The molecule has 0 atom stereocenters. The lowest BCUT2D eigenvalue weighted by atomic mass is 9.80. The number of carbonyl (C=O) groups excluding carboxylic acids is 1. The third-order valence-electron chi connectivity index (χ3n) is 2.85. The lowest BCUT2D eigenvalue weighted by Crippen LogP contribution is -2.42. The van der Waals surface area contributed by atoms with E-state index in [1.54, 1.807) is 6.20 Å². The van der Waals surface area contributed by atoms with Crippen molar-refractivity contribution >= 4 is 22.4 Å². The Hall–Kier alpha value is -1.01. The second-order valence-corrected chi connectivity index (χ2v) is 4.83. The molecule has 15 heavy (non-hydrogen) atoms. The molecule has 0 spiro atoms. The molecule has 2 rings (SSSR count). The van der Waals surface area contributed by atoms with Crippen LogP contribution in [0.25, 0.3) is 0 Å². The standard InChI is InChI=1S/C9H14N4OS/c1-9(2-4-10-5-3-9)8(14)12-7-6-11-13-15-7/h6,10H,2-5H2,1H3,(H,12,14). The molecule has 1 amide bonds. The molecule has 2 heterocycles. The molecule has 0 aliphatic carbocycles. The van der Waals surface area contributed by atoms with E-state index in [2.05, 4.69) is 20.2 Å². The van der Waals surface area contributed by atoms with E-state index >= 15 is 0 Å². The van der Waals surface area contributed by atoms with Gasteiger partial charge in [0.05, 0.1) is 6.20 Å². The Morgan fingerprint density at radius 1 is 1.60 bits per heavy atom. The first-order valence-electron chi connectivity index (χ1n) is 5.00. The molecule has 0 bridgehead atoms. The van der Waals surface area contributed by atoms with Gasteiger partial charge in [0.15, 0.2) is 0 Å². The van der Waals surface area contributed by atoms with Crippen LogP contribution >= 0.6 is 11.5 Å². The second-order valence-electron chi connectivity index (χ2n) is 4.05. The molecule has 0 aromatic carbocycles. The number of carbonyl (C=O) groups is 1. The summed E-state index contributed by atoms with van der Waals surface area (Å²) in [7, 11) is 0. The Kier molecular flexibility index (Phi) is 2.97. The van der Waals surface area contributed by atoms with Gasteiger partial charge in [-0.3, -0.25) is 4.79 Å². The Labute approximate surface area is 92.4 Å². The van der Waals surface area contributed by atoms with Gasteiger partial charge in [-0.05, 0) is 25.9 Å². The highest BCUT2D eigenvalue weighted by Crippen LogP contribution is 2.29. The number of amides is 1. The predicted octanol–water partition coefficient (Wildman–Crippen LogP) is 0.866. The lowest BCUT2D eigenvalue weighted by molar-refractivity contribution is -0.126. The smallest absolute Gasteiger partial charge is 0.231 e. The predicted molar refractivity (Wildman–Crippen MR) is 58.7 cm³/mol. The minimum Gasteiger partial charge on any atom is -0.317 e. The van der Waals surface area contributed by atoms with E-state index in [-0.39, 0.29) is 11.3 Å². The van der Waals surface area contributed by atoms with Crippen molar-refractivity contribution in [2.45, 2.75) is 19.8 Å². The van der Waals surface area contributed by atoms with Crippen molar-refractivity contribution < 1.29 is 4.79 Å². The van der Waals surface area contributed by atoms with E-state index < -0.39 is 0 Å². The molecule has 82 valence electrons. The fourth-order valence-corrected chi connectivity index (χ4v) is 2.11. The average molecular weight is 226 g/mol. The number of nitrogens with one attached hydrogen (secondary N) is 2. The fourth-order valence-electron chi connectivity index (χ4n) is 1.69. The summed E-state index contributed by atoms with van der Waals surface area (Å²) in [5.41, 5.74) is -0.255. The summed E-state index contributed by atoms with van der Waals surface area (Å²) in [6.07, 6.45) is 3.34. The maximum absolute atomic E-state index is 12.0. The number of hydrogen-bond donors (Lipinski definition) is 2. The molecule has 1 aromatic rings. The van der Waals surface area contributed by atoms with E-state index in [0.717, 1.165) is 30.9 Å². The first-order valence-corrected chi connectivity index (χ1v) is 5.78. The van der Waals surface area contributed by atoms with Crippen LogP contribution in [0.5, 0.6) is 0 Å². The summed E-state index contributed by atoms with van der Waals surface area (Å²) < 4.78 is 3.71. The van der Waals surface area contributed by atoms with Crippen LogP contribution in [-0.2, 0) is 4.79 Å². The Morgan fingerprint density at radius 3 is 2.93 bits per heavy atom. The highest BCUT2D eigenvalue weighted by molar-refractivity contribution is 7.10.